The molecular weight excluding hydrogens is 277 g/mol. The van der Waals surface area contributed by atoms with Crippen LogP contribution < -0.4 is 4.90 Å². The number of likely N-dealkylation sites (tertiary alicyclic amines) is 1. The summed E-state index contributed by atoms with van der Waals surface area (Å²) in [6.45, 7) is 4.21. The maximum Gasteiger partial charge on any atom is 0.416 e. The summed E-state index contributed by atoms with van der Waals surface area (Å²) in [7, 11) is 2.16. The standard InChI is InChI=1S/C16H21F3N2/c1-20-9-6-15(12-20)7-10-21(11-8-15)14-4-2-13(3-5-14)16(17,18)19/h2-5H,6-12H2,1H3. The van der Waals surface area contributed by atoms with E-state index in [9.17, 15) is 13.2 Å². The molecule has 2 saturated heterocycles. The maximum atomic E-state index is 12.6. The summed E-state index contributed by atoms with van der Waals surface area (Å²) in [5.41, 5.74) is 0.776. The van der Waals surface area contributed by atoms with Crippen LogP contribution in [0.15, 0.2) is 24.3 Å². The highest BCUT2D eigenvalue weighted by molar-refractivity contribution is 5.48. The summed E-state index contributed by atoms with van der Waals surface area (Å²) in [4.78, 5) is 4.59. The first-order chi connectivity index (χ1) is 9.88. The molecule has 2 aliphatic rings. The van der Waals surface area contributed by atoms with E-state index in [-0.39, 0.29) is 0 Å². The Hall–Kier alpha value is -1.23. The number of halogens is 3. The molecule has 0 radical (unpaired) electrons. The Morgan fingerprint density at radius 2 is 1.52 bits per heavy atom. The minimum Gasteiger partial charge on any atom is -0.371 e. The third kappa shape index (κ3) is 3.03. The zero-order valence-corrected chi connectivity index (χ0v) is 12.3. The Balaban J connectivity index is 1.64. The molecule has 5 heteroatoms. The van der Waals surface area contributed by atoms with Gasteiger partial charge in [-0.25, -0.2) is 0 Å². The highest BCUT2D eigenvalue weighted by Gasteiger charge is 2.39. The van der Waals surface area contributed by atoms with Crippen LogP contribution in [0.3, 0.4) is 0 Å². The normalized spacial score (nSPS) is 23.0. The highest BCUT2D eigenvalue weighted by Crippen LogP contribution is 2.41. The largest absolute Gasteiger partial charge is 0.416 e. The summed E-state index contributed by atoms with van der Waals surface area (Å²) >= 11 is 0. The summed E-state index contributed by atoms with van der Waals surface area (Å²) < 4.78 is 37.7. The maximum absolute atomic E-state index is 12.6. The summed E-state index contributed by atoms with van der Waals surface area (Å²) in [5, 5.41) is 0. The predicted octanol–water partition coefficient (Wildman–Crippen LogP) is 3.63. The van der Waals surface area contributed by atoms with Crippen molar-refractivity contribution in [2.45, 2.75) is 25.4 Å². The van der Waals surface area contributed by atoms with Crippen molar-refractivity contribution < 1.29 is 13.2 Å². The Morgan fingerprint density at radius 3 is 2.00 bits per heavy atom. The van der Waals surface area contributed by atoms with Gasteiger partial charge in [0.2, 0.25) is 0 Å². The molecule has 0 aliphatic carbocycles. The highest BCUT2D eigenvalue weighted by atomic mass is 19.4. The Morgan fingerprint density at radius 1 is 0.952 bits per heavy atom. The molecule has 0 unspecified atom stereocenters. The van der Waals surface area contributed by atoms with E-state index in [0.29, 0.717) is 5.41 Å². The van der Waals surface area contributed by atoms with Gasteiger partial charge in [-0.15, -0.1) is 0 Å². The number of nitrogens with zero attached hydrogens (tertiary/aromatic N) is 2. The number of piperidine rings is 1. The van der Waals surface area contributed by atoms with Crippen molar-refractivity contribution in [3.63, 3.8) is 0 Å². The van der Waals surface area contributed by atoms with Crippen LogP contribution in [0.2, 0.25) is 0 Å². The van der Waals surface area contributed by atoms with E-state index in [1.54, 1.807) is 12.1 Å². The molecular formula is C16H21F3N2. The van der Waals surface area contributed by atoms with Crippen LogP contribution in [0.1, 0.15) is 24.8 Å². The minimum absolute atomic E-state index is 0.442. The van der Waals surface area contributed by atoms with E-state index in [1.807, 2.05) is 0 Å². The second-order valence-corrected chi connectivity index (χ2v) is 6.52. The minimum atomic E-state index is -4.25. The second-order valence-electron chi connectivity index (χ2n) is 6.52. The van der Waals surface area contributed by atoms with Crippen LogP contribution in [0.5, 0.6) is 0 Å². The molecule has 0 bridgehead atoms. The van der Waals surface area contributed by atoms with Crippen LogP contribution in [0.25, 0.3) is 0 Å². The molecule has 0 saturated carbocycles. The fraction of sp³-hybridized carbons (Fsp3) is 0.625. The molecule has 3 rings (SSSR count). The zero-order chi connectivity index (χ0) is 15.1. The molecule has 1 aromatic rings. The quantitative estimate of drug-likeness (QED) is 0.781. The van der Waals surface area contributed by atoms with E-state index in [4.69, 9.17) is 0 Å². The first-order valence-electron chi connectivity index (χ1n) is 7.49. The van der Waals surface area contributed by atoms with Crippen molar-refractivity contribution in [1.29, 1.82) is 0 Å². The molecule has 2 heterocycles. The van der Waals surface area contributed by atoms with E-state index in [0.717, 1.165) is 38.2 Å². The van der Waals surface area contributed by atoms with Crippen LogP contribution in [0.4, 0.5) is 18.9 Å². The van der Waals surface area contributed by atoms with Gasteiger partial charge in [-0.2, -0.15) is 13.2 Å². The predicted molar refractivity (Wildman–Crippen MR) is 77.4 cm³/mol. The third-order valence-corrected chi connectivity index (χ3v) is 5.01. The van der Waals surface area contributed by atoms with Crippen LogP contribution in [-0.4, -0.2) is 38.1 Å². The zero-order valence-electron chi connectivity index (χ0n) is 12.3. The fourth-order valence-electron chi connectivity index (χ4n) is 3.67. The van der Waals surface area contributed by atoms with Gasteiger partial charge in [-0.3, -0.25) is 0 Å². The lowest BCUT2D eigenvalue weighted by Gasteiger charge is -2.40. The number of benzene rings is 1. The van der Waals surface area contributed by atoms with Crippen molar-refractivity contribution in [3.8, 4) is 0 Å². The van der Waals surface area contributed by atoms with E-state index < -0.39 is 11.7 Å². The van der Waals surface area contributed by atoms with Gasteiger partial charge in [0.15, 0.2) is 0 Å². The summed E-state index contributed by atoms with van der Waals surface area (Å²) in [6.07, 6.45) is -0.722. The Kier molecular flexibility index (Phi) is 3.64. The monoisotopic (exact) mass is 298 g/mol. The number of alkyl halides is 3. The first kappa shape index (κ1) is 14.7. The average molecular weight is 298 g/mol. The van der Waals surface area contributed by atoms with E-state index in [2.05, 4.69) is 16.8 Å². The smallest absolute Gasteiger partial charge is 0.371 e. The Bertz CT molecular complexity index is 487. The van der Waals surface area contributed by atoms with Gasteiger partial charge in [0, 0.05) is 25.3 Å². The van der Waals surface area contributed by atoms with Crippen molar-refractivity contribution in [1.82, 2.24) is 4.90 Å². The van der Waals surface area contributed by atoms with Gasteiger partial charge in [-0.1, -0.05) is 0 Å². The topological polar surface area (TPSA) is 6.48 Å². The molecule has 2 fully saturated rings. The number of hydrogen-bond acceptors (Lipinski definition) is 2. The van der Waals surface area contributed by atoms with Crippen LogP contribution in [0, 0.1) is 5.41 Å². The molecule has 1 aromatic carbocycles. The number of hydrogen-bond donors (Lipinski definition) is 0. The molecule has 1 spiro atoms. The van der Waals surface area contributed by atoms with E-state index in [1.165, 1.54) is 25.1 Å². The van der Waals surface area contributed by atoms with Crippen molar-refractivity contribution in [2.24, 2.45) is 5.41 Å². The molecule has 2 aliphatic heterocycles. The van der Waals surface area contributed by atoms with Crippen LogP contribution >= 0.6 is 0 Å². The van der Waals surface area contributed by atoms with Gasteiger partial charge in [-0.05, 0) is 62.5 Å². The summed E-state index contributed by atoms with van der Waals surface area (Å²) in [5.74, 6) is 0. The van der Waals surface area contributed by atoms with Gasteiger partial charge in [0.25, 0.3) is 0 Å². The van der Waals surface area contributed by atoms with Gasteiger partial charge in [0.1, 0.15) is 0 Å². The van der Waals surface area contributed by atoms with Crippen molar-refractivity contribution in [2.75, 3.05) is 38.1 Å². The first-order valence-corrected chi connectivity index (χ1v) is 7.49. The van der Waals surface area contributed by atoms with Gasteiger partial charge in [0.05, 0.1) is 5.56 Å². The second kappa shape index (κ2) is 5.20. The third-order valence-electron chi connectivity index (χ3n) is 5.01. The molecule has 0 amide bonds. The molecule has 2 nitrogen and oxygen atoms in total. The van der Waals surface area contributed by atoms with Gasteiger partial charge < -0.3 is 9.80 Å². The lowest BCUT2D eigenvalue weighted by molar-refractivity contribution is -0.137. The molecule has 0 atom stereocenters. The lowest BCUT2D eigenvalue weighted by Crippen LogP contribution is -2.41. The number of rotatable bonds is 1. The molecule has 21 heavy (non-hydrogen) atoms. The lowest BCUT2D eigenvalue weighted by atomic mass is 9.77. The van der Waals surface area contributed by atoms with Crippen molar-refractivity contribution >= 4 is 5.69 Å². The molecule has 0 aromatic heterocycles. The fourth-order valence-corrected chi connectivity index (χ4v) is 3.67. The molecule has 0 N–H and O–H groups in total. The van der Waals surface area contributed by atoms with Gasteiger partial charge >= 0.3 is 6.18 Å². The van der Waals surface area contributed by atoms with E-state index >= 15 is 0 Å². The number of anilines is 1. The van der Waals surface area contributed by atoms with Crippen molar-refractivity contribution in [3.05, 3.63) is 29.8 Å². The summed E-state index contributed by atoms with van der Waals surface area (Å²) in [6, 6.07) is 5.56. The molecule has 116 valence electrons. The SMILES string of the molecule is CN1CCC2(CCN(c3ccc(C(F)(F)F)cc3)CC2)C1. The van der Waals surface area contributed by atoms with Crippen LogP contribution in [-0.2, 0) is 6.18 Å². The Labute approximate surface area is 123 Å². The average Bonchev–Trinajstić information content (AvgIpc) is 2.80.